The fourth-order valence-corrected chi connectivity index (χ4v) is 4.78. The summed E-state index contributed by atoms with van der Waals surface area (Å²) >= 11 is 1.36. The Balaban J connectivity index is 1.57. The van der Waals surface area contributed by atoms with Gasteiger partial charge in [0, 0.05) is 49.8 Å². The van der Waals surface area contributed by atoms with Crippen molar-refractivity contribution in [1.29, 1.82) is 0 Å². The topological polar surface area (TPSA) is 142 Å². The minimum atomic E-state index is -1.55. The highest BCUT2D eigenvalue weighted by molar-refractivity contribution is 7.22. The van der Waals surface area contributed by atoms with Crippen LogP contribution in [0.5, 0.6) is 0 Å². The Morgan fingerprint density at radius 1 is 1.21 bits per heavy atom. The molecular weight excluding hydrogens is 456 g/mol. The number of benzene rings is 1. The number of anilines is 1. The molecule has 174 valence electrons. The molecule has 4 heterocycles. The van der Waals surface area contributed by atoms with Crippen molar-refractivity contribution in [1.82, 2.24) is 25.3 Å². The van der Waals surface area contributed by atoms with Crippen molar-refractivity contribution < 1.29 is 19.7 Å². The van der Waals surface area contributed by atoms with Gasteiger partial charge in [0.15, 0.2) is 16.6 Å². The van der Waals surface area contributed by atoms with Crippen LogP contribution in [0.4, 0.5) is 9.93 Å². The Hall–Kier alpha value is -3.51. The summed E-state index contributed by atoms with van der Waals surface area (Å²) < 4.78 is 6.09. The molecule has 0 radical (unpaired) electrons. The Morgan fingerprint density at radius 2 is 2.03 bits per heavy atom. The number of hydrogen-bond donors (Lipinski definition) is 4. The SMILES string of the molecule is CNC(=O)Nc1nc2cc(-c3cnc(C4(O)CCOCC4O)nc3)cc(-c3ccccn3)c2s1. The zero-order valence-corrected chi connectivity index (χ0v) is 19.0. The van der Waals surface area contributed by atoms with Crippen LogP contribution in [0.1, 0.15) is 12.2 Å². The van der Waals surface area contributed by atoms with E-state index in [0.29, 0.717) is 22.8 Å². The molecule has 1 aliphatic heterocycles. The molecule has 10 nitrogen and oxygen atoms in total. The van der Waals surface area contributed by atoms with Gasteiger partial charge in [0.2, 0.25) is 0 Å². The van der Waals surface area contributed by atoms with Gasteiger partial charge in [-0.2, -0.15) is 0 Å². The van der Waals surface area contributed by atoms with Gasteiger partial charge in [-0.05, 0) is 29.8 Å². The van der Waals surface area contributed by atoms with Crippen molar-refractivity contribution in [3.05, 3.63) is 54.7 Å². The van der Waals surface area contributed by atoms with Crippen LogP contribution < -0.4 is 10.6 Å². The Morgan fingerprint density at radius 3 is 2.74 bits per heavy atom. The minimum Gasteiger partial charge on any atom is -0.387 e. The van der Waals surface area contributed by atoms with E-state index in [1.807, 2.05) is 30.3 Å². The number of aliphatic hydroxyl groups is 2. The van der Waals surface area contributed by atoms with Gasteiger partial charge in [0.1, 0.15) is 6.10 Å². The van der Waals surface area contributed by atoms with E-state index in [-0.39, 0.29) is 24.9 Å². The number of rotatable bonds is 4. The fraction of sp³-hybridized carbons (Fsp3) is 0.261. The normalized spacial score (nSPS) is 20.3. The number of urea groups is 1. The molecule has 5 rings (SSSR count). The maximum atomic E-state index is 11.8. The van der Waals surface area contributed by atoms with Gasteiger partial charge in [-0.25, -0.2) is 19.7 Å². The van der Waals surface area contributed by atoms with Gasteiger partial charge in [-0.1, -0.05) is 17.4 Å². The summed E-state index contributed by atoms with van der Waals surface area (Å²) in [4.78, 5) is 29.6. The summed E-state index contributed by atoms with van der Waals surface area (Å²) in [6.45, 7) is 0.348. The first-order valence-electron chi connectivity index (χ1n) is 10.6. The van der Waals surface area contributed by atoms with Gasteiger partial charge >= 0.3 is 6.03 Å². The van der Waals surface area contributed by atoms with Crippen molar-refractivity contribution in [2.45, 2.75) is 18.1 Å². The Bertz CT molecular complexity index is 1330. The number of fused-ring (bicyclic) bond motifs is 1. The van der Waals surface area contributed by atoms with Crippen molar-refractivity contribution in [3.8, 4) is 22.4 Å². The lowest BCUT2D eigenvalue weighted by Crippen LogP contribution is -2.48. The molecule has 1 aromatic carbocycles. The lowest BCUT2D eigenvalue weighted by atomic mass is 9.90. The number of thiazole rings is 1. The molecule has 34 heavy (non-hydrogen) atoms. The zero-order valence-electron chi connectivity index (χ0n) is 18.2. The van der Waals surface area contributed by atoms with Crippen molar-refractivity contribution in [3.63, 3.8) is 0 Å². The number of ether oxygens (including phenoxy) is 1. The van der Waals surface area contributed by atoms with Crippen LogP contribution in [-0.4, -0.2) is 62.5 Å². The van der Waals surface area contributed by atoms with E-state index in [1.165, 1.54) is 11.3 Å². The third-order valence-corrected chi connectivity index (χ3v) is 6.73. The lowest BCUT2D eigenvalue weighted by Gasteiger charge is -2.35. The second kappa shape index (κ2) is 9.03. The van der Waals surface area contributed by atoms with Crippen LogP contribution in [0, 0.1) is 0 Å². The number of aromatic nitrogens is 4. The highest BCUT2D eigenvalue weighted by Crippen LogP contribution is 2.38. The molecule has 4 aromatic rings. The first-order chi connectivity index (χ1) is 16.5. The van der Waals surface area contributed by atoms with Gasteiger partial charge in [0.05, 0.1) is 22.5 Å². The highest BCUT2D eigenvalue weighted by atomic mass is 32.1. The van der Waals surface area contributed by atoms with Gasteiger partial charge < -0.3 is 20.3 Å². The maximum Gasteiger partial charge on any atom is 0.320 e. The number of pyridine rings is 1. The number of carbonyl (C=O) groups excluding carboxylic acids is 1. The molecule has 11 heteroatoms. The monoisotopic (exact) mass is 478 g/mol. The number of nitrogens with zero attached hydrogens (tertiary/aromatic N) is 4. The lowest BCUT2D eigenvalue weighted by molar-refractivity contribution is -0.162. The predicted octanol–water partition coefficient (Wildman–Crippen LogP) is 2.54. The Labute approximate surface area is 198 Å². The number of hydrogen-bond acceptors (Lipinski definition) is 9. The average Bonchev–Trinajstić information content (AvgIpc) is 3.28. The van der Waals surface area contributed by atoms with Crippen molar-refractivity contribution >= 4 is 32.7 Å². The van der Waals surface area contributed by atoms with Crippen LogP contribution in [0.3, 0.4) is 0 Å². The van der Waals surface area contributed by atoms with E-state index < -0.39 is 11.7 Å². The quantitative estimate of drug-likeness (QED) is 0.351. The molecule has 0 spiro atoms. The number of amides is 2. The molecule has 1 fully saturated rings. The standard InChI is InChI=1S/C23H22N6O4S/c1-24-21(31)29-22-28-17-9-13(8-15(19(17)34-22)16-4-2-3-6-25-16)14-10-26-20(27-11-14)23(32)5-7-33-12-18(23)30/h2-4,6,8-11,18,30,32H,5,7,12H2,1H3,(H2,24,28,29,31). The summed E-state index contributed by atoms with van der Waals surface area (Å²) in [7, 11) is 1.54. The first-order valence-corrected chi connectivity index (χ1v) is 11.5. The largest absolute Gasteiger partial charge is 0.387 e. The number of nitrogens with one attached hydrogen (secondary N) is 2. The molecule has 0 bridgehead atoms. The summed E-state index contributed by atoms with van der Waals surface area (Å²) in [6.07, 6.45) is 4.06. The molecule has 1 aliphatic rings. The van der Waals surface area contributed by atoms with Crippen LogP contribution in [-0.2, 0) is 10.3 Å². The van der Waals surface area contributed by atoms with Crippen LogP contribution in [0.25, 0.3) is 32.6 Å². The second-order valence-corrected chi connectivity index (χ2v) is 8.87. The summed E-state index contributed by atoms with van der Waals surface area (Å²) in [5.74, 6) is 0.156. The fourth-order valence-electron chi connectivity index (χ4n) is 3.81. The molecule has 3 aromatic heterocycles. The molecule has 0 aliphatic carbocycles. The zero-order chi connectivity index (χ0) is 23.7. The Kier molecular flexibility index (Phi) is 5.92. The highest BCUT2D eigenvalue weighted by Gasteiger charge is 2.42. The molecule has 2 atom stereocenters. The van der Waals surface area contributed by atoms with Crippen LogP contribution >= 0.6 is 11.3 Å². The molecular formula is C23H22N6O4S. The van der Waals surface area contributed by atoms with Gasteiger partial charge in [-0.3, -0.25) is 10.3 Å². The van der Waals surface area contributed by atoms with Crippen LogP contribution in [0.2, 0.25) is 0 Å². The van der Waals surface area contributed by atoms with E-state index >= 15 is 0 Å². The minimum absolute atomic E-state index is 0.0297. The van der Waals surface area contributed by atoms with Gasteiger partial charge in [-0.15, -0.1) is 0 Å². The smallest absolute Gasteiger partial charge is 0.320 e. The van der Waals surface area contributed by atoms with E-state index in [2.05, 4.69) is 30.6 Å². The third kappa shape index (κ3) is 4.10. The summed E-state index contributed by atoms with van der Waals surface area (Å²) in [6, 6.07) is 9.18. The van der Waals surface area contributed by atoms with E-state index in [4.69, 9.17) is 4.74 Å². The van der Waals surface area contributed by atoms with E-state index in [0.717, 1.165) is 21.5 Å². The second-order valence-electron chi connectivity index (χ2n) is 7.87. The van der Waals surface area contributed by atoms with Crippen LogP contribution in [0.15, 0.2) is 48.9 Å². The number of carbonyl (C=O) groups is 1. The average molecular weight is 479 g/mol. The van der Waals surface area contributed by atoms with Crippen molar-refractivity contribution in [2.75, 3.05) is 25.6 Å². The number of aliphatic hydroxyl groups excluding tert-OH is 1. The third-order valence-electron chi connectivity index (χ3n) is 5.71. The van der Waals surface area contributed by atoms with E-state index in [1.54, 1.807) is 25.6 Å². The molecule has 2 unspecified atom stereocenters. The molecule has 0 saturated carbocycles. The summed E-state index contributed by atoms with van der Waals surface area (Å²) in [5, 5.41) is 26.8. The predicted molar refractivity (Wildman–Crippen MR) is 127 cm³/mol. The molecule has 4 N–H and O–H groups in total. The van der Waals surface area contributed by atoms with Gasteiger partial charge in [0.25, 0.3) is 0 Å². The summed E-state index contributed by atoms with van der Waals surface area (Å²) in [5.41, 5.74) is 2.28. The molecule has 2 amide bonds. The maximum absolute atomic E-state index is 11.8. The van der Waals surface area contributed by atoms with Crippen molar-refractivity contribution in [2.24, 2.45) is 0 Å². The van der Waals surface area contributed by atoms with E-state index in [9.17, 15) is 15.0 Å². The first kappa shape index (κ1) is 22.3. The molecule has 1 saturated heterocycles.